The Bertz CT molecular complexity index is 640. The molecule has 1 atom stereocenters. The minimum Gasteiger partial charge on any atom is -0.397 e. The number of thiophene rings is 1. The van der Waals surface area contributed by atoms with Crippen LogP contribution in [-0.4, -0.2) is 42.6 Å². The molecule has 3 heterocycles. The quantitative estimate of drug-likeness (QED) is 0.939. The van der Waals surface area contributed by atoms with Crippen molar-refractivity contribution in [2.45, 2.75) is 6.42 Å². The minimum atomic E-state index is 0.0177. The maximum absolute atomic E-state index is 12.6. The molecule has 1 aliphatic heterocycles. The highest BCUT2D eigenvalue weighted by molar-refractivity contribution is 7.21. The fourth-order valence-electron chi connectivity index (χ4n) is 2.64. The summed E-state index contributed by atoms with van der Waals surface area (Å²) < 4.78 is 5.16. The Hall–Kier alpha value is -1.66. The molecule has 1 fully saturated rings. The summed E-state index contributed by atoms with van der Waals surface area (Å²) in [5.74, 6) is 0.446. The number of nitrogen functional groups attached to an aromatic ring is 1. The zero-order valence-electron chi connectivity index (χ0n) is 11.3. The molecule has 6 heteroatoms. The smallest absolute Gasteiger partial charge is 0.266 e. The van der Waals surface area contributed by atoms with E-state index >= 15 is 0 Å². The lowest BCUT2D eigenvalue weighted by molar-refractivity contribution is 0.0781. The van der Waals surface area contributed by atoms with Gasteiger partial charge in [-0.05, 0) is 18.6 Å². The number of nitrogens with two attached hydrogens (primary N) is 1. The van der Waals surface area contributed by atoms with Crippen molar-refractivity contribution in [1.82, 2.24) is 9.88 Å². The highest BCUT2D eigenvalue weighted by atomic mass is 32.1. The zero-order chi connectivity index (χ0) is 14.1. The molecule has 20 heavy (non-hydrogen) atoms. The number of likely N-dealkylation sites (tertiary alicyclic amines) is 1. The molecular weight excluding hydrogens is 274 g/mol. The zero-order valence-corrected chi connectivity index (χ0v) is 12.2. The van der Waals surface area contributed by atoms with Crippen molar-refractivity contribution in [3.05, 3.63) is 23.2 Å². The molecule has 0 aromatic carbocycles. The van der Waals surface area contributed by atoms with Crippen LogP contribution in [0.1, 0.15) is 16.1 Å². The average Bonchev–Trinajstić information content (AvgIpc) is 3.05. The number of hydrogen-bond donors (Lipinski definition) is 1. The van der Waals surface area contributed by atoms with Crippen LogP contribution in [0.5, 0.6) is 0 Å². The highest BCUT2D eigenvalue weighted by Crippen LogP contribution is 2.33. The largest absolute Gasteiger partial charge is 0.397 e. The molecule has 0 saturated carbocycles. The summed E-state index contributed by atoms with van der Waals surface area (Å²) in [7, 11) is 1.69. The molecule has 0 spiro atoms. The second-order valence-corrected chi connectivity index (χ2v) is 6.06. The summed E-state index contributed by atoms with van der Waals surface area (Å²) >= 11 is 1.37. The number of nitrogens with zero attached hydrogens (tertiary/aromatic N) is 2. The minimum absolute atomic E-state index is 0.0177. The standard InChI is InChI=1S/C14H17N3O2S/c1-19-8-9-4-6-17(7-9)14(18)12-11(15)10-3-2-5-16-13(10)20-12/h2-3,5,9H,4,6-8,15H2,1H3. The Kier molecular flexibility index (Phi) is 3.58. The van der Waals surface area contributed by atoms with Crippen LogP contribution < -0.4 is 5.73 Å². The number of anilines is 1. The number of carbonyl (C=O) groups is 1. The van der Waals surface area contributed by atoms with E-state index in [2.05, 4.69) is 4.98 Å². The fraction of sp³-hybridized carbons (Fsp3) is 0.429. The number of rotatable bonds is 3. The molecule has 1 aliphatic rings. The predicted octanol–water partition coefficient (Wildman–Crippen LogP) is 1.99. The van der Waals surface area contributed by atoms with Crippen LogP contribution in [0.4, 0.5) is 5.69 Å². The molecule has 0 aliphatic carbocycles. The predicted molar refractivity (Wildman–Crippen MR) is 79.9 cm³/mol. The van der Waals surface area contributed by atoms with Crippen LogP contribution in [0.2, 0.25) is 0 Å². The van der Waals surface area contributed by atoms with Crippen LogP contribution in [0.15, 0.2) is 18.3 Å². The first-order valence-corrected chi connectivity index (χ1v) is 7.43. The van der Waals surface area contributed by atoms with Gasteiger partial charge in [0.25, 0.3) is 5.91 Å². The number of pyridine rings is 1. The fourth-order valence-corrected chi connectivity index (χ4v) is 3.67. The van der Waals surface area contributed by atoms with E-state index in [0.717, 1.165) is 29.7 Å². The van der Waals surface area contributed by atoms with Crippen molar-refractivity contribution in [3.8, 4) is 0 Å². The topological polar surface area (TPSA) is 68.5 Å². The van der Waals surface area contributed by atoms with Crippen LogP contribution in [0.3, 0.4) is 0 Å². The summed E-state index contributed by atoms with van der Waals surface area (Å²) in [6.07, 6.45) is 2.71. The molecule has 5 nitrogen and oxygen atoms in total. The van der Waals surface area contributed by atoms with Crippen molar-refractivity contribution < 1.29 is 9.53 Å². The Morgan fingerprint density at radius 2 is 2.50 bits per heavy atom. The van der Waals surface area contributed by atoms with E-state index in [-0.39, 0.29) is 5.91 Å². The molecule has 0 radical (unpaired) electrons. The molecule has 106 valence electrons. The Balaban J connectivity index is 1.84. The third kappa shape index (κ3) is 2.25. The maximum atomic E-state index is 12.6. The normalized spacial score (nSPS) is 18.9. The molecule has 0 bridgehead atoms. The third-order valence-electron chi connectivity index (χ3n) is 3.67. The summed E-state index contributed by atoms with van der Waals surface area (Å²) in [6.45, 7) is 2.22. The van der Waals surface area contributed by atoms with Crippen LogP contribution in [0, 0.1) is 5.92 Å². The molecule has 1 saturated heterocycles. The number of ether oxygens (including phenoxy) is 1. The van der Waals surface area contributed by atoms with Crippen molar-refractivity contribution >= 4 is 33.1 Å². The van der Waals surface area contributed by atoms with Gasteiger partial charge in [-0.1, -0.05) is 0 Å². The van der Waals surface area contributed by atoms with Crippen molar-refractivity contribution in [2.75, 3.05) is 32.5 Å². The summed E-state index contributed by atoms with van der Waals surface area (Å²) in [6, 6.07) is 3.74. The van der Waals surface area contributed by atoms with Gasteiger partial charge in [0.05, 0.1) is 12.3 Å². The van der Waals surface area contributed by atoms with Gasteiger partial charge in [-0.25, -0.2) is 4.98 Å². The first kappa shape index (κ1) is 13.3. The molecule has 3 rings (SSSR count). The SMILES string of the molecule is COCC1CCN(C(=O)c2sc3ncccc3c2N)C1. The molecule has 2 aromatic rings. The van der Waals surface area contributed by atoms with Gasteiger partial charge < -0.3 is 15.4 Å². The number of methoxy groups -OCH3 is 1. The van der Waals surface area contributed by atoms with Gasteiger partial charge >= 0.3 is 0 Å². The Morgan fingerprint density at radius 3 is 3.25 bits per heavy atom. The number of amides is 1. The number of aromatic nitrogens is 1. The number of carbonyl (C=O) groups excluding carboxylic acids is 1. The average molecular weight is 291 g/mol. The van der Waals surface area contributed by atoms with Crippen LogP contribution >= 0.6 is 11.3 Å². The number of hydrogen-bond acceptors (Lipinski definition) is 5. The summed E-state index contributed by atoms with van der Waals surface area (Å²) in [4.78, 5) is 20.1. The summed E-state index contributed by atoms with van der Waals surface area (Å²) in [5.41, 5.74) is 6.65. The van der Waals surface area contributed by atoms with E-state index in [4.69, 9.17) is 10.5 Å². The Morgan fingerprint density at radius 1 is 1.65 bits per heavy atom. The van der Waals surface area contributed by atoms with Gasteiger partial charge in [0, 0.05) is 37.7 Å². The lowest BCUT2D eigenvalue weighted by Gasteiger charge is -2.15. The van der Waals surface area contributed by atoms with Crippen molar-refractivity contribution in [1.29, 1.82) is 0 Å². The van der Waals surface area contributed by atoms with E-state index in [1.807, 2.05) is 17.0 Å². The van der Waals surface area contributed by atoms with Crippen LogP contribution in [0.25, 0.3) is 10.2 Å². The second kappa shape index (κ2) is 5.38. The Labute approximate surface area is 121 Å². The van der Waals surface area contributed by atoms with E-state index < -0.39 is 0 Å². The molecule has 1 amide bonds. The molecule has 2 aromatic heterocycles. The summed E-state index contributed by atoms with van der Waals surface area (Å²) in [5, 5.41) is 0.869. The van der Waals surface area contributed by atoms with Crippen LogP contribution in [-0.2, 0) is 4.74 Å². The third-order valence-corrected chi connectivity index (χ3v) is 4.79. The van der Waals surface area contributed by atoms with Gasteiger partial charge in [-0.2, -0.15) is 0 Å². The van der Waals surface area contributed by atoms with Crippen molar-refractivity contribution in [2.24, 2.45) is 5.92 Å². The highest BCUT2D eigenvalue weighted by Gasteiger charge is 2.29. The van der Waals surface area contributed by atoms with Gasteiger partial charge in [-0.3, -0.25) is 4.79 Å². The maximum Gasteiger partial charge on any atom is 0.266 e. The van der Waals surface area contributed by atoms with E-state index in [1.165, 1.54) is 11.3 Å². The van der Waals surface area contributed by atoms with Gasteiger partial charge in [0.15, 0.2) is 0 Å². The number of fused-ring (bicyclic) bond motifs is 1. The second-order valence-electron chi connectivity index (χ2n) is 5.06. The lowest BCUT2D eigenvalue weighted by Crippen LogP contribution is -2.29. The first-order chi connectivity index (χ1) is 9.70. The van der Waals surface area contributed by atoms with E-state index in [0.29, 0.717) is 23.1 Å². The van der Waals surface area contributed by atoms with Crippen molar-refractivity contribution in [3.63, 3.8) is 0 Å². The molecular formula is C14H17N3O2S. The van der Waals surface area contributed by atoms with Gasteiger partial charge in [0.2, 0.25) is 0 Å². The van der Waals surface area contributed by atoms with E-state index in [9.17, 15) is 4.79 Å². The molecule has 2 N–H and O–H groups in total. The molecule has 1 unspecified atom stereocenters. The van der Waals surface area contributed by atoms with Gasteiger partial charge in [0.1, 0.15) is 9.71 Å². The monoisotopic (exact) mass is 291 g/mol. The lowest BCUT2D eigenvalue weighted by atomic mass is 10.1. The first-order valence-electron chi connectivity index (χ1n) is 6.62. The van der Waals surface area contributed by atoms with Gasteiger partial charge in [-0.15, -0.1) is 11.3 Å². The van der Waals surface area contributed by atoms with E-state index in [1.54, 1.807) is 13.3 Å².